The number of hydrogen-bond acceptors (Lipinski definition) is 3. The first-order chi connectivity index (χ1) is 10.7. The Kier molecular flexibility index (Phi) is 4.71. The molecule has 1 aliphatic heterocycles. The zero-order valence-corrected chi connectivity index (χ0v) is 12.9. The fourth-order valence-corrected chi connectivity index (χ4v) is 3.29. The molecule has 5 nitrogen and oxygen atoms in total. The van der Waals surface area contributed by atoms with Gasteiger partial charge in [0.15, 0.2) is 0 Å². The summed E-state index contributed by atoms with van der Waals surface area (Å²) in [6.07, 6.45) is 9.38. The van der Waals surface area contributed by atoms with Gasteiger partial charge in [-0.3, -0.25) is 14.6 Å². The molecule has 2 aliphatic rings. The molecular formula is C17H23N3O2. The molecule has 1 saturated heterocycles. The molecule has 2 heterocycles. The summed E-state index contributed by atoms with van der Waals surface area (Å²) >= 11 is 0. The Morgan fingerprint density at radius 3 is 2.55 bits per heavy atom. The van der Waals surface area contributed by atoms with Crippen LogP contribution in [0.5, 0.6) is 0 Å². The van der Waals surface area contributed by atoms with Gasteiger partial charge in [0.25, 0.3) is 11.8 Å². The van der Waals surface area contributed by atoms with E-state index in [1.54, 1.807) is 18.3 Å². The summed E-state index contributed by atoms with van der Waals surface area (Å²) in [5.41, 5.74) is 0.904. The highest BCUT2D eigenvalue weighted by Gasteiger charge is 2.22. The molecule has 1 aromatic heterocycles. The van der Waals surface area contributed by atoms with E-state index in [-0.39, 0.29) is 17.9 Å². The summed E-state index contributed by atoms with van der Waals surface area (Å²) in [6.45, 7) is 1.58. The Labute approximate surface area is 131 Å². The van der Waals surface area contributed by atoms with E-state index in [0.717, 1.165) is 38.8 Å². The van der Waals surface area contributed by atoms with Crippen molar-refractivity contribution in [1.82, 2.24) is 15.2 Å². The molecule has 1 aliphatic carbocycles. The van der Waals surface area contributed by atoms with Crippen LogP contribution in [0.1, 0.15) is 65.8 Å². The first-order valence-electron chi connectivity index (χ1n) is 8.30. The third-order valence-corrected chi connectivity index (χ3v) is 4.57. The Morgan fingerprint density at radius 1 is 1.09 bits per heavy atom. The summed E-state index contributed by atoms with van der Waals surface area (Å²) < 4.78 is 0. The molecule has 3 rings (SSSR count). The maximum Gasteiger partial charge on any atom is 0.272 e. The molecule has 5 heteroatoms. The average molecular weight is 301 g/mol. The van der Waals surface area contributed by atoms with Gasteiger partial charge in [0, 0.05) is 30.9 Å². The van der Waals surface area contributed by atoms with E-state index < -0.39 is 0 Å². The normalized spacial score (nSPS) is 19.2. The van der Waals surface area contributed by atoms with Crippen molar-refractivity contribution in [2.45, 2.75) is 51.0 Å². The maximum absolute atomic E-state index is 12.3. The lowest BCUT2D eigenvalue weighted by Gasteiger charge is -2.22. The van der Waals surface area contributed by atoms with E-state index in [9.17, 15) is 9.59 Å². The Bertz CT molecular complexity index is 547. The van der Waals surface area contributed by atoms with Crippen molar-refractivity contribution in [2.75, 3.05) is 13.1 Å². The van der Waals surface area contributed by atoms with Crippen LogP contribution >= 0.6 is 0 Å². The molecule has 1 saturated carbocycles. The molecule has 1 N–H and O–H groups in total. The van der Waals surface area contributed by atoms with Crippen molar-refractivity contribution in [3.63, 3.8) is 0 Å². The first kappa shape index (κ1) is 15.0. The van der Waals surface area contributed by atoms with Gasteiger partial charge >= 0.3 is 0 Å². The van der Waals surface area contributed by atoms with Gasteiger partial charge in [-0.25, -0.2) is 0 Å². The number of nitrogens with zero attached hydrogens (tertiary/aromatic N) is 2. The molecule has 118 valence electrons. The third kappa shape index (κ3) is 3.46. The van der Waals surface area contributed by atoms with Crippen LogP contribution in [0.25, 0.3) is 0 Å². The second kappa shape index (κ2) is 6.90. The maximum atomic E-state index is 12.3. The van der Waals surface area contributed by atoms with E-state index in [1.165, 1.54) is 19.3 Å². The zero-order chi connectivity index (χ0) is 15.4. The number of hydrogen-bond donors (Lipinski definition) is 1. The minimum Gasteiger partial charge on any atom is -0.349 e. The number of aromatic nitrogens is 1. The minimum atomic E-state index is -0.0928. The lowest BCUT2D eigenvalue weighted by atomic mass is 9.95. The number of rotatable bonds is 3. The third-order valence-electron chi connectivity index (χ3n) is 4.57. The van der Waals surface area contributed by atoms with Crippen molar-refractivity contribution in [1.29, 1.82) is 0 Å². The Morgan fingerprint density at radius 2 is 1.82 bits per heavy atom. The standard InChI is InChI=1S/C17H23N3O2/c21-16(19-14-6-2-1-3-7-14)13-8-9-18-15(12-13)17(22)20-10-4-5-11-20/h8-9,12,14H,1-7,10-11H2,(H,19,21). The topological polar surface area (TPSA) is 62.3 Å². The molecule has 0 spiro atoms. The van der Waals surface area contributed by atoms with E-state index in [2.05, 4.69) is 10.3 Å². The van der Waals surface area contributed by atoms with Gasteiger partial charge < -0.3 is 10.2 Å². The van der Waals surface area contributed by atoms with Gasteiger partial charge in [0.2, 0.25) is 0 Å². The molecule has 0 bridgehead atoms. The monoisotopic (exact) mass is 301 g/mol. The van der Waals surface area contributed by atoms with Crippen molar-refractivity contribution >= 4 is 11.8 Å². The minimum absolute atomic E-state index is 0.0650. The number of pyridine rings is 1. The molecule has 0 unspecified atom stereocenters. The average Bonchev–Trinajstić information content (AvgIpc) is 3.09. The van der Waals surface area contributed by atoms with Gasteiger partial charge in [0.1, 0.15) is 5.69 Å². The lowest BCUT2D eigenvalue weighted by Crippen LogP contribution is -2.36. The van der Waals surface area contributed by atoms with Crippen LogP contribution < -0.4 is 5.32 Å². The highest BCUT2D eigenvalue weighted by atomic mass is 16.2. The largest absolute Gasteiger partial charge is 0.349 e. The van der Waals surface area contributed by atoms with Crippen LogP contribution in [-0.4, -0.2) is 40.8 Å². The number of amides is 2. The molecule has 1 aromatic rings. The smallest absolute Gasteiger partial charge is 0.272 e. The second-order valence-corrected chi connectivity index (χ2v) is 6.24. The van der Waals surface area contributed by atoms with Crippen LogP contribution in [0.2, 0.25) is 0 Å². The SMILES string of the molecule is O=C(NC1CCCCC1)c1ccnc(C(=O)N2CCCC2)c1. The molecule has 2 fully saturated rings. The quantitative estimate of drug-likeness (QED) is 0.932. The van der Waals surface area contributed by atoms with E-state index in [4.69, 9.17) is 0 Å². The Balaban J connectivity index is 1.67. The van der Waals surface area contributed by atoms with Crippen LogP contribution in [0.4, 0.5) is 0 Å². The second-order valence-electron chi connectivity index (χ2n) is 6.24. The number of carbonyl (C=O) groups excluding carboxylic acids is 2. The first-order valence-corrected chi connectivity index (χ1v) is 8.30. The van der Waals surface area contributed by atoms with Crippen LogP contribution in [-0.2, 0) is 0 Å². The summed E-state index contributed by atoms with van der Waals surface area (Å²) in [4.78, 5) is 30.6. The summed E-state index contributed by atoms with van der Waals surface area (Å²) in [7, 11) is 0. The number of likely N-dealkylation sites (tertiary alicyclic amines) is 1. The van der Waals surface area contributed by atoms with Crippen LogP contribution in [0, 0.1) is 0 Å². The van der Waals surface area contributed by atoms with Crippen LogP contribution in [0.3, 0.4) is 0 Å². The van der Waals surface area contributed by atoms with Crippen molar-refractivity contribution < 1.29 is 9.59 Å². The molecule has 2 amide bonds. The van der Waals surface area contributed by atoms with Gasteiger partial charge in [-0.1, -0.05) is 19.3 Å². The van der Waals surface area contributed by atoms with E-state index in [1.807, 2.05) is 4.90 Å². The molecule has 0 aromatic carbocycles. The Hall–Kier alpha value is -1.91. The molecule has 0 atom stereocenters. The molecule has 0 radical (unpaired) electrons. The fraction of sp³-hybridized carbons (Fsp3) is 0.588. The lowest BCUT2D eigenvalue weighted by molar-refractivity contribution is 0.0787. The zero-order valence-electron chi connectivity index (χ0n) is 12.9. The fourth-order valence-electron chi connectivity index (χ4n) is 3.29. The van der Waals surface area contributed by atoms with Gasteiger partial charge in [-0.15, -0.1) is 0 Å². The van der Waals surface area contributed by atoms with Crippen molar-refractivity contribution in [3.05, 3.63) is 29.6 Å². The highest BCUT2D eigenvalue weighted by Crippen LogP contribution is 2.18. The van der Waals surface area contributed by atoms with Crippen molar-refractivity contribution in [3.8, 4) is 0 Å². The molecule has 22 heavy (non-hydrogen) atoms. The predicted octanol–water partition coefficient (Wildman–Crippen LogP) is 2.38. The van der Waals surface area contributed by atoms with E-state index in [0.29, 0.717) is 11.3 Å². The van der Waals surface area contributed by atoms with Gasteiger partial charge in [-0.05, 0) is 37.8 Å². The summed E-state index contributed by atoms with van der Waals surface area (Å²) in [5.74, 6) is -0.158. The van der Waals surface area contributed by atoms with E-state index >= 15 is 0 Å². The summed E-state index contributed by atoms with van der Waals surface area (Å²) in [5, 5.41) is 3.08. The van der Waals surface area contributed by atoms with Gasteiger partial charge in [0.05, 0.1) is 0 Å². The predicted molar refractivity (Wildman–Crippen MR) is 83.7 cm³/mol. The summed E-state index contributed by atoms with van der Waals surface area (Å²) in [6, 6.07) is 3.57. The number of nitrogens with one attached hydrogen (secondary N) is 1. The number of carbonyl (C=O) groups is 2. The van der Waals surface area contributed by atoms with Crippen LogP contribution in [0.15, 0.2) is 18.3 Å². The molecular weight excluding hydrogens is 278 g/mol. The van der Waals surface area contributed by atoms with Crippen molar-refractivity contribution in [2.24, 2.45) is 0 Å². The van der Waals surface area contributed by atoms with Gasteiger partial charge in [-0.2, -0.15) is 0 Å². The highest BCUT2D eigenvalue weighted by molar-refractivity contribution is 5.98.